The van der Waals surface area contributed by atoms with Crippen molar-refractivity contribution in [1.29, 1.82) is 0 Å². The minimum atomic E-state index is -0.911. The SMILES string of the molecule is COC(=O)c1ccc([C@@H](C)N)cc1.C[C@@H](N)c1ccc(C(=O)O)cc1. The van der Waals surface area contributed by atoms with Gasteiger partial charge in [0.1, 0.15) is 0 Å². The van der Waals surface area contributed by atoms with Crippen molar-refractivity contribution in [1.82, 2.24) is 0 Å². The van der Waals surface area contributed by atoms with E-state index in [1.54, 1.807) is 36.4 Å². The highest BCUT2D eigenvalue weighted by Crippen LogP contribution is 2.11. The molecule has 0 spiro atoms. The minimum absolute atomic E-state index is 0.00769. The highest BCUT2D eigenvalue weighted by atomic mass is 16.5. The average molecular weight is 344 g/mol. The van der Waals surface area contributed by atoms with E-state index in [0.717, 1.165) is 11.1 Å². The van der Waals surface area contributed by atoms with Gasteiger partial charge in [-0.2, -0.15) is 0 Å². The molecule has 0 amide bonds. The molecular weight excluding hydrogens is 320 g/mol. The van der Waals surface area contributed by atoms with Gasteiger partial charge in [-0.1, -0.05) is 24.3 Å². The fourth-order valence-corrected chi connectivity index (χ4v) is 1.97. The van der Waals surface area contributed by atoms with Gasteiger partial charge in [0.25, 0.3) is 0 Å². The number of ether oxygens (including phenoxy) is 1. The van der Waals surface area contributed by atoms with Crippen molar-refractivity contribution in [2.45, 2.75) is 25.9 Å². The Kier molecular flexibility index (Phi) is 7.78. The van der Waals surface area contributed by atoms with Gasteiger partial charge >= 0.3 is 11.9 Å². The number of hydrogen-bond acceptors (Lipinski definition) is 5. The number of nitrogens with two attached hydrogens (primary N) is 2. The number of carboxylic acid groups (broad SMARTS) is 1. The molecule has 2 atom stereocenters. The van der Waals surface area contributed by atoms with E-state index in [1.807, 2.05) is 26.0 Å². The van der Waals surface area contributed by atoms with E-state index in [9.17, 15) is 9.59 Å². The molecular formula is C19H24N2O4. The summed E-state index contributed by atoms with van der Waals surface area (Å²) in [4.78, 5) is 21.5. The zero-order valence-corrected chi connectivity index (χ0v) is 14.6. The molecule has 6 nitrogen and oxygen atoms in total. The lowest BCUT2D eigenvalue weighted by atomic mass is 10.1. The van der Waals surface area contributed by atoms with E-state index >= 15 is 0 Å². The number of benzene rings is 2. The van der Waals surface area contributed by atoms with Crippen LogP contribution in [0.15, 0.2) is 48.5 Å². The zero-order valence-electron chi connectivity index (χ0n) is 14.6. The Hall–Kier alpha value is -2.70. The first-order chi connectivity index (χ1) is 11.8. The van der Waals surface area contributed by atoms with Crippen LogP contribution in [0, 0.1) is 0 Å². The summed E-state index contributed by atoms with van der Waals surface area (Å²) in [6, 6.07) is 13.6. The number of carboxylic acids is 1. The van der Waals surface area contributed by atoms with Crippen LogP contribution in [0.5, 0.6) is 0 Å². The van der Waals surface area contributed by atoms with Crippen LogP contribution in [0.2, 0.25) is 0 Å². The van der Waals surface area contributed by atoms with Crippen LogP contribution in [-0.4, -0.2) is 24.2 Å². The van der Waals surface area contributed by atoms with Crippen LogP contribution < -0.4 is 11.5 Å². The first-order valence-corrected chi connectivity index (χ1v) is 7.79. The second kappa shape index (κ2) is 9.56. The van der Waals surface area contributed by atoms with Gasteiger partial charge in [0.05, 0.1) is 18.2 Å². The molecule has 0 saturated carbocycles. The monoisotopic (exact) mass is 344 g/mol. The largest absolute Gasteiger partial charge is 0.478 e. The maximum Gasteiger partial charge on any atom is 0.337 e. The standard InChI is InChI=1S/C10H13NO2.C9H11NO2/c1-7(11)8-3-5-9(6-4-8)10(12)13-2;1-6(10)7-2-4-8(5-3-7)9(11)12/h3-7H,11H2,1-2H3;2-6H,10H2,1H3,(H,11,12)/t7-;6-/m11/s1. The van der Waals surface area contributed by atoms with E-state index in [-0.39, 0.29) is 18.1 Å². The summed E-state index contributed by atoms with van der Waals surface area (Å²) in [5.74, 6) is -1.23. The zero-order chi connectivity index (χ0) is 19.0. The molecule has 5 N–H and O–H groups in total. The van der Waals surface area contributed by atoms with E-state index in [1.165, 1.54) is 7.11 Å². The van der Waals surface area contributed by atoms with Crippen LogP contribution >= 0.6 is 0 Å². The summed E-state index contributed by atoms with van der Waals surface area (Å²) in [6.07, 6.45) is 0. The van der Waals surface area contributed by atoms with Gasteiger partial charge in [0.15, 0.2) is 0 Å². The van der Waals surface area contributed by atoms with E-state index in [2.05, 4.69) is 4.74 Å². The molecule has 0 saturated heterocycles. The molecule has 2 aromatic rings. The van der Waals surface area contributed by atoms with Gasteiger partial charge in [0, 0.05) is 12.1 Å². The molecule has 2 rings (SSSR count). The number of aromatic carboxylic acids is 1. The molecule has 0 aliphatic heterocycles. The van der Waals surface area contributed by atoms with Crippen LogP contribution in [-0.2, 0) is 4.74 Å². The molecule has 0 radical (unpaired) electrons. The molecule has 0 aromatic heterocycles. The molecule has 134 valence electrons. The Morgan fingerprint density at radius 2 is 1.20 bits per heavy atom. The predicted octanol–water partition coefficient (Wildman–Crippen LogP) is 2.90. The summed E-state index contributed by atoms with van der Waals surface area (Å²) < 4.78 is 4.57. The van der Waals surface area contributed by atoms with Crippen LogP contribution in [0.4, 0.5) is 0 Å². The maximum absolute atomic E-state index is 11.0. The number of esters is 1. The van der Waals surface area contributed by atoms with Gasteiger partial charge in [-0.25, -0.2) is 9.59 Å². The molecule has 0 aliphatic carbocycles. The number of rotatable bonds is 4. The van der Waals surface area contributed by atoms with Gasteiger partial charge < -0.3 is 21.3 Å². The number of methoxy groups -OCH3 is 1. The molecule has 0 fully saturated rings. The third-order valence-corrected chi connectivity index (χ3v) is 3.54. The number of hydrogen-bond donors (Lipinski definition) is 3. The summed E-state index contributed by atoms with van der Waals surface area (Å²) in [6.45, 7) is 3.75. The first-order valence-electron chi connectivity index (χ1n) is 7.79. The van der Waals surface area contributed by atoms with Crippen molar-refractivity contribution in [3.63, 3.8) is 0 Å². The Morgan fingerprint density at radius 3 is 1.48 bits per heavy atom. The van der Waals surface area contributed by atoms with Gasteiger partial charge in [-0.3, -0.25) is 0 Å². The molecule has 0 aliphatic rings. The van der Waals surface area contributed by atoms with Crippen molar-refractivity contribution in [3.05, 3.63) is 70.8 Å². The minimum Gasteiger partial charge on any atom is -0.478 e. The van der Waals surface area contributed by atoms with E-state index < -0.39 is 5.97 Å². The van der Waals surface area contributed by atoms with Crippen molar-refractivity contribution < 1.29 is 19.4 Å². The summed E-state index contributed by atoms with van der Waals surface area (Å²) in [5, 5.41) is 8.58. The average Bonchev–Trinajstić information content (AvgIpc) is 2.61. The third-order valence-electron chi connectivity index (χ3n) is 3.54. The van der Waals surface area contributed by atoms with Crippen LogP contribution in [0.3, 0.4) is 0 Å². The van der Waals surface area contributed by atoms with Gasteiger partial charge in [-0.05, 0) is 49.2 Å². The maximum atomic E-state index is 11.0. The Morgan fingerprint density at radius 1 is 0.840 bits per heavy atom. The summed E-state index contributed by atoms with van der Waals surface area (Å²) in [7, 11) is 1.36. The third kappa shape index (κ3) is 6.37. The topological polar surface area (TPSA) is 116 Å². The molecule has 0 heterocycles. The molecule has 0 unspecified atom stereocenters. The highest BCUT2D eigenvalue weighted by molar-refractivity contribution is 5.89. The Bertz CT molecular complexity index is 692. The second-order valence-corrected chi connectivity index (χ2v) is 5.62. The Labute approximate surface area is 147 Å². The van der Waals surface area contributed by atoms with Crippen LogP contribution in [0.1, 0.15) is 57.8 Å². The molecule has 0 bridgehead atoms. The Balaban J connectivity index is 0.000000251. The molecule has 6 heteroatoms. The first kappa shape index (κ1) is 20.3. The summed E-state index contributed by atoms with van der Waals surface area (Å²) in [5.41, 5.74) is 14.0. The lowest BCUT2D eigenvalue weighted by molar-refractivity contribution is 0.0599. The lowest BCUT2D eigenvalue weighted by Crippen LogP contribution is -2.06. The number of carbonyl (C=O) groups excluding carboxylic acids is 1. The fraction of sp³-hybridized carbons (Fsp3) is 0.263. The lowest BCUT2D eigenvalue weighted by Gasteiger charge is -2.05. The van der Waals surface area contributed by atoms with Crippen LogP contribution in [0.25, 0.3) is 0 Å². The predicted molar refractivity (Wildman–Crippen MR) is 96.4 cm³/mol. The second-order valence-electron chi connectivity index (χ2n) is 5.62. The van der Waals surface area contributed by atoms with Gasteiger partial charge in [0.2, 0.25) is 0 Å². The quantitative estimate of drug-likeness (QED) is 0.735. The fourth-order valence-electron chi connectivity index (χ4n) is 1.97. The number of carbonyl (C=O) groups is 2. The highest BCUT2D eigenvalue weighted by Gasteiger charge is 2.05. The molecule has 25 heavy (non-hydrogen) atoms. The van der Waals surface area contributed by atoms with E-state index in [4.69, 9.17) is 16.6 Å². The normalized spacial score (nSPS) is 12.4. The smallest absolute Gasteiger partial charge is 0.337 e. The summed E-state index contributed by atoms with van der Waals surface area (Å²) >= 11 is 0. The van der Waals surface area contributed by atoms with Crippen molar-refractivity contribution in [2.75, 3.05) is 7.11 Å². The van der Waals surface area contributed by atoms with Crippen molar-refractivity contribution >= 4 is 11.9 Å². The molecule has 2 aromatic carbocycles. The van der Waals surface area contributed by atoms with Gasteiger partial charge in [-0.15, -0.1) is 0 Å². The van der Waals surface area contributed by atoms with Crippen molar-refractivity contribution in [2.24, 2.45) is 11.5 Å². The van der Waals surface area contributed by atoms with E-state index in [0.29, 0.717) is 11.1 Å². The van der Waals surface area contributed by atoms with Crippen molar-refractivity contribution in [3.8, 4) is 0 Å².